The Hall–Kier alpha value is -2.10. The zero-order valence-corrected chi connectivity index (χ0v) is 12.3. The molecule has 0 fully saturated rings. The van der Waals surface area contributed by atoms with Gasteiger partial charge in [0.25, 0.3) is 0 Å². The van der Waals surface area contributed by atoms with Gasteiger partial charge in [-0.3, -0.25) is 0 Å². The topological polar surface area (TPSA) is 30.7 Å². The third-order valence-electron chi connectivity index (χ3n) is 3.41. The van der Waals surface area contributed by atoms with E-state index in [-0.39, 0.29) is 0 Å². The van der Waals surface area contributed by atoms with Gasteiger partial charge in [-0.15, -0.1) is 0 Å². The van der Waals surface area contributed by atoms with Crippen LogP contribution in [-0.2, 0) is 0 Å². The first-order valence-electron chi connectivity index (χ1n) is 6.42. The SMILES string of the molecule is Clc1ccc(-n2cc3c(n2)c(Cl)nc2ccccc23)cc1. The zero-order chi connectivity index (χ0) is 14.4. The summed E-state index contributed by atoms with van der Waals surface area (Å²) in [6.07, 6.45) is 1.97. The number of rotatable bonds is 1. The Morgan fingerprint density at radius 1 is 0.857 bits per heavy atom. The van der Waals surface area contributed by atoms with Crippen LogP contribution < -0.4 is 0 Å². The molecule has 4 rings (SSSR count). The lowest BCUT2D eigenvalue weighted by atomic mass is 10.1. The van der Waals surface area contributed by atoms with Crippen LogP contribution in [0, 0.1) is 0 Å². The van der Waals surface area contributed by atoms with Crippen molar-refractivity contribution in [3.63, 3.8) is 0 Å². The number of halogens is 2. The van der Waals surface area contributed by atoms with Gasteiger partial charge in [-0.05, 0) is 30.3 Å². The quantitative estimate of drug-likeness (QED) is 0.469. The van der Waals surface area contributed by atoms with E-state index in [0.29, 0.717) is 15.7 Å². The van der Waals surface area contributed by atoms with Gasteiger partial charge in [0.15, 0.2) is 5.15 Å². The summed E-state index contributed by atoms with van der Waals surface area (Å²) in [5.41, 5.74) is 2.49. The summed E-state index contributed by atoms with van der Waals surface area (Å²) < 4.78 is 1.79. The van der Waals surface area contributed by atoms with E-state index in [0.717, 1.165) is 22.0 Å². The predicted octanol–water partition coefficient (Wildman–Crippen LogP) is 4.88. The molecule has 0 unspecified atom stereocenters. The van der Waals surface area contributed by atoms with E-state index in [9.17, 15) is 0 Å². The van der Waals surface area contributed by atoms with Crippen LogP contribution in [0.4, 0.5) is 0 Å². The summed E-state index contributed by atoms with van der Waals surface area (Å²) >= 11 is 12.2. The van der Waals surface area contributed by atoms with E-state index in [1.54, 1.807) is 4.68 Å². The minimum absolute atomic E-state index is 0.413. The van der Waals surface area contributed by atoms with Gasteiger partial charge >= 0.3 is 0 Å². The highest BCUT2D eigenvalue weighted by Gasteiger charge is 2.11. The number of nitrogens with zero attached hydrogens (tertiary/aromatic N) is 3. The summed E-state index contributed by atoms with van der Waals surface area (Å²) in [7, 11) is 0. The van der Waals surface area contributed by atoms with Crippen molar-refractivity contribution in [2.75, 3.05) is 0 Å². The largest absolute Gasteiger partial charge is 0.240 e. The van der Waals surface area contributed by atoms with Gasteiger partial charge in [-0.1, -0.05) is 41.4 Å². The van der Waals surface area contributed by atoms with Crippen molar-refractivity contribution >= 4 is 45.0 Å². The van der Waals surface area contributed by atoms with Gasteiger partial charge in [-0.2, -0.15) is 5.10 Å². The molecule has 0 spiro atoms. The first-order chi connectivity index (χ1) is 10.2. The Bertz CT molecular complexity index is 959. The molecule has 0 aliphatic rings. The maximum atomic E-state index is 6.25. The Morgan fingerprint density at radius 2 is 1.62 bits per heavy atom. The summed E-state index contributed by atoms with van der Waals surface area (Å²) in [5.74, 6) is 0. The van der Waals surface area contributed by atoms with Crippen LogP contribution in [0.5, 0.6) is 0 Å². The molecule has 3 nitrogen and oxygen atoms in total. The van der Waals surface area contributed by atoms with Gasteiger partial charge in [0, 0.05) is 22.0 Å². The number of hydrogen-bond acceptors (Lipinski definition) is 2. The molecule has 0 amide bonds. The minimum Gasteiger partial charge on any atom is -0.240 e. The third-order valence-corrected chi connectivity index (χ3v) is 3.93. The minimum atomic E-state index is 0.413. The highest BCUT2D eigenvalue weighted by atomic mass is 35.5. The van der Waals surface area contributed by atoms with Gasteiger partial charge < -0.3 is 0 Å². The van der Waals surface area contributed by atoms with Crippen LogP contribution >= 0.6 is 23.2 Å². The van der Waals surface area contributed by atoms with Crippen molar-refractivity contribution in [2.45, 2.75) is 0 Å². The Balaban J connectivity index is 2.03. The van der Waals surface area contributed by atoms with E-state index in [4.69, 9.17) is 23.2 Å². The van der Waals surface area contributed by atoms with Gasteiger partial charge in [0.2, 0.25) is 0 Å². The van der Waals surface area contributed by atoms with Gasteiger partial charge in [-0.25, -0.2) is 9.67 Å². The fraction of sp³-hybridized carbons (Fsp3) is 0. The molecule has 0 saturated carbocycles. The molecule has 2 aromatic heterocycles. The fourth-order valence-electron chi connectivity index (χ4n) is 2.41. The third kappa shape index (κ3) is 2.06. The number of para-hydroxylation sites is 1. The van der Waals surface area contributed by atoms with Crippen LogP contribution in [0.3, 0.4) is 0 Å². The van der Waals surface area contributed by atoms with Crippen molar-refractivity contribution in [3.8, 4) is 5.69 Å². The van der Waals surface area contributed by atoms with Crippen molar-refractivity contribution in [2.24, 2.45) is 0 Å². The summed E-state index contributed by atoms with van der Waals surface area (Å²) in [5, 5.41) is 7.68. The van der Waals surface area contributed by atoms with Gasteiger partial charge in [0.05, 0.1) is 11.2 Å². The summed E-state index contributed by atoms with van der Waals surface area (Å²) in [4.78, 5) is 4.39. The summed E-state index contributed by atoms with van der Waals surface area (Å²) in [6.45, 7) is 0. The molecule has 5 heteroatoms. The molecule has 102 valence electrons. The number of pyridine rings is 1. The highest BCUT2D eigenvalue weighted by Crippen LogP contribution is 2.29. The standard InChI is InChI=1S/C16H9Cl2N3/c17-10-5-7-11(8-6-10)21-9-13-12-3-1-2-4-14(12)19-16(18)15(13)20-21/h1-9H. The first kappa shape index (κ1) is 12.6. The molecule has 0 bridgehead atoms. The Kier molecular flexibility index (Phi) is 2.84. The molecule has 21 heavy (non-hydrogen) atoms. The van der Waals surface area contributed by atoms with E-state index < -0.39 is 0 Å². The Labute approximate surface area is 130 Å². The number of hydrogen-bond donors (Lipinski definition) is 0. The van der Waals surface area contributed by atoms with E-state index in [1.165, 1.54) is 0 Å². The molecular formula is C16H9Cl2N3. The number of aromatic nitrogens is 3. The molecular weight excluding hydrogens is 305 g/mol. The maximum Gasteiger partial charge on any atom is 0.157 e. The second-order valence-corrected chi connectivity index (χ2v) is 5.53. The second kappa shape index (κ2) is 4.72. The second-order valence-electron chi connectivity index (χ2n) is 4.73. The number of benzene rings is 2. The van der Waals surface area contributed by atoms with E-state index in [2.05, 4.69) is 10.1 Å². The smallest absolute Gasteiger partial charge is 0.157 e. The molecule has 0 aliphatic carbocycles. The Morgan fingerprint density at radius 3 is 2.43 bits per heavy atom. The average Bonchev–Trinajstić information content (AvgIpc) is 2.94. The lowest BCUT2D eigenvalue weighted by molar-refractivity contribution is 0.896. The predicted molar refractivity (Wildman–Crippen MR) is 86.4 cm³/mol. The summed E-state index contributed by atoms with van der Waals surface area (Å²) in [6, 6.07) is 15.4. The lowest BCUT2D eigenvalue weighted by Crippen LogP contribution is -1.93. The molecule has 0 aliphatic heterocycles. The van der Waals surface area contributed by atoms with Crippen LogP contribution in [0.25, 0.3) is 27.5 Å². The van der Waals surface area contributed by atoms with Crippen molar-refractivity contribution in [3.05, 3.63) is 64.9 Å². The molecule has 4 aromatic rings. The average molecular weight is 314 g/mol. The maximum absolute atomic E-state index is 6.25. The fourth-order valence-corrected chi connectivity index (χ4v) is 2.76. The highest BCUT2D eigenvalue weighted by molar-refractivity contribution is 6.35. The molecule has 0 saturated heterocycles. The van der Waals surface area contributed by atoms with Crippen LogP contribution in [0.2, 0.25) is 10.2 Å². The van der Waals surface area contributed by atoms with Crippen molar-refractivity contribution < 1.29 is 0 Å². The molecule has 0 radical (unpaired) electrons. The monoisotopic (exact) mass is 313 g/mol. The normalized spacial score (nSPS) is 11.3. The first-order valence-corrected chi connectivity index (χ1v) is 7.17. The van der Waals surface area contributed by atoms with Gasteiger partial charge in [0.1, 0.15) is 5.52 Å². The van der Waals surface area contributed by atoms with Crippen molar-refractivity contribution in [1.29, 1.82) is 0 Å². The van der Waals surface area contributed by atoms with E-state index >= 15 is 0 Å². The molecule has 0 atom stereocenters. The number of fused-ring (bicyclic) bond motifs is 3. The zero-order valence-electron chi connectivity index (χ0n) is 10.8. The van der Waals surface area contributed by atoms with Crippen LogP contribution in [0.1, 0.15) is 0 Å². The molecule has 2 heterocycles. The van der Waals surface area contributed by atoms with Crippen LogP contribution in [0.15, 0.2) is 54.7 Å². The van der Waals surface area contributed by atoms with E-state index in [1.807, 2.05) is 54.7 Å². The van der Waals surface area contributed by atoms with Crippen LogP contribution in [-0.4, -0.2) is 14.8 Å². The molecule has 0 N–H and O–H groups in total. The molecule has 2 aromatic carbocycles. The van der Waals surface area contributed by atoms with Crippen molar-refractivity contribution in [1.82, 2.24) is 14.8 Å². The lowest BCUT2D eigenvalue weighted by Gasteiger charge is -1.99.